The van der Waals surface area contributed by atoms with Crippen LogP contribution in [0.25, 0.3) is 0 Å². The van der Waals surface area contributed by atoms with Crippen LogP contribution in [0.2, 0.25) is 0 Å². The summed E-state index contributed by atoms with van der Waals surface area (Å²) in [6, 6.07) is 7.78. The zero-order valence-electron chi connectivity index (χ0n) is 8.97. The van der Waals surface area contributed by atoms with Gasteiger partial charge in [-0.25, -0.2) is 8.42 Å². The summed E-state index contributed by atoms with van der Waals surface area (Å²) < 4.78 is 24.9. The van der Waals surface area contributed by atoms with Crippen LogP contribution in [0.15, 0.2) is 24.3 Å². The molecule has 0 N–H and O–H groups in total. The summed E-state index contributed by atoms with van der Waals surface area (Å²) in [7, 11) is -3.16. The Bertz CT molecular complexity index is 467. The van der Waals surface area contributed by atoms with E-state index in [4.69, 9.17) is 0 Å². The summed E-state index contributed by atoms with van der Waals surface area (Å²) in [4.78, 5) is 0. The van der Waals surface area contributed by atoms with Crippen molar-refractivity contribution in [3.8, 4) is 0 Å². The average molecular weight is 225 g/mol. The molecule has 15 heavy (non-hydrogen) atoms. The van der Waals surface area contributed by atoms with E-state index >= 15 is 0 Å². The minimum atomic E-state index is -3.16. The summed E-state index contributed by atoms with van der Waals surface area (Å²) >= 11 is 0. The number of hydrogen-bond acceptors (Lipinski definition) is 2. The van der Waals surface area contributed by atoms with E-state index in [2.05, 4.69) is 0 Å². The van der Waals surface area contributed by atoms with Crippen LogP contribution in [0.5, 0.6) is 0 Å². The van der Waals surface area contributed by atoms with Gasteiger partial charge in [0.1, 0.15) is 0 Å². The fraction of sp³-hybridized carbons (Fsp3) is 0.455. The summed E-state index contributed by atoms with van der Waals surface area (Å²) in [6.07, 6.45) is 3.12. The number of nitrogens with zero attached hydrogens (tertiary/aromatic N) is 1. The highest BCUT2D eigenvalue weighted by molar-refractivity contribution is 7.92. The fourth-order valence-electron chi connectivity index (χ4n) is 2.16. The monoisotopic (exact) mass is 225 g/mol. The highest BCUT2D eigenvalue weighted by Gasteiger charge is 2.28. The Labute approximate surface area is 90.8 Å². The highest BCUT2D eigenvalue weighted by atomic mass is 32.2. The van der Waals surface area contributed by atoms with Crippen LogP contribution < -0.4 is 4.31 Å². The lowest BCUT2D eigenvalue weighted by atomic mass is 9.99. The first-order chi connectivity index (χ1) is 7.00. The van der Waals surface area contributed by atoms with Crippen LogP contribution in [0.1, 0.15) is 18.9 Å². The minimum Gasteiger partial charge on any atom is -0.267 e. The highest BCUT2D eigenvalue weighted by Crippen LogP contribution is 2.32. The van der Waals surface area contributed by atoms with Gasteiger partial charge in [-0.15, -0.1) is 0 Å². The third-order valence-electron chi connectivity index (χ3n) is 2.82. The number of sulfonamides is 1. The topological polar surface area (TPSA) is 37.4 Å². The molecule has 1 aromatic carbocycles. The standard InChI is InChI=1S/C11H15NO2S/c1-9-7-8-10-5-3-4-6-11(10)12(9)15(2,13)14/h3-6,9H,7-8H2,1-2H3/t9-/m0/s1. The molecule has 82 valence electrons. The molecule has 0 amide bonds. The molecule has 0 saturated heterocycles. The third kappa shape index (κ3) is 1.86. The Morgan fingerprint density at radius 2 is 2.00 bits per heavy atom. The fourth-order valence-corrected chi connectivity index (χ4v) is 3.46. The van der Waals surface area contributed by atoms with Crippen molar-refractivity contribution in [2.24, 2.45) is 0 Å². The van der Waals surface area contributed by atoms with Gasteiger partial charge in [0.15, 0.2) is 0 Å². The Morgan fingerprint density at radius 1 is 1.33 bits per heavy atom. The predicted octanol–water partition coefficient (Wildman–Crippen LogP) is 1.79. The van der Waals surface area contributed by atoms with E-state index in [1.54, 1.807) is 0 Å². The van der Waals surface area contributed by atoms with Crippen molar-refractivity contribution in [3.05, 3.63) is 29.8 Å². The second-order valence-corrected chi connectivity index (χ2v) is 5.93. The molecule has 0 radical (unpaired) electrons. The van der Waals surface area contributed by atoms with Gasteiger partial charge in [-0.1, -0.05) is 18.2 Å². The Kier molecular flexibility index (Phi) is 2.46. The SMILES string of the molecule is C[C@H]1CCc2ccccc2N1S(C)(=O)=O. The molecule has 0 unspecified atom stereocenters. The zero-order valence-corrected chi connectivity index (χ0v) is 9.79. The van der Waals surface area contributed by atoms with Crippen LogP contribution >= 0.6 is 0 Å². The van der Waals surface area contributed by atoms with Crippen molar-refractivity contribution < 1.29 is 8.42 Å². The molecule has 0 fully saturated rings. The first-order valence-corrected chi connectivity index (χ1v) is 6.92. The number of fused-ring (bicyclic) bond motifs is 1. The third-order valence-corrected chi connectivity index (χ3v) is 4.09. The normalized spacial score (nSPS) is 21.2. The molecule has 0 saturated carbocycles. The smallest absolute Gasteiger partial charge is 0.232 e. The predicted molar refractivity (Wildman–Crippen MR) is 61.5 cm³/mol. The molecule has 0 spiro atoms. The number of benzene rings is 1. The van der Waals surface area contributed by atoms with Gasteiger partial charge < -0.3 is 0 Å². The van der Waals surface area contributed by atoms with E-state index in [-0.39, 0.29) is 6.04 Å². The van der Waals surface area contributed by atoms with Gasteiger partial charge in [-0.2, -0.15) is 0 Å². The van der Waals surface area contributed by atoms with Crippen LogP contribution in [0.4, 0.5) is 5.69 Å². The molecule has 1 aromatic rings. The Balaban J connectivity index is 2.56. The number of para-hydroxylation sites is 1. The van der Waals surface area contributed by atoms with E-state index in [9.17, 15) is 8.42 Å². The molecule has 2 rings (SSSR count). The van der Waals surface area contributed by atoms with Crippen LogP contribution in [0, 0.1) is 0 Å². The first-order valence-electron chi connectivity index (χ1n) is 5.07. The van der Waals surface area contributed by atoms with Gasteiger partial charge in [0.2, 0.25) is 10.0 Å². The van der Waals surface area contributed by atoms with Gasteiger partial charge in [-0.05, 0) is 31.4 Å². The zero-order chi connectivity index (χ0) is 11.1. The van der Waals surface area contributed by atoms with E-state index in [1.165, 1.54) is 10.6 Å². The second-order valence-electron chi connectivity index (χ2n) is 4.08. The number of hydrogen-bond donors (Lipinski definition) is 0. The maximum atomic E-state index is 11.7. The number of aryl methyl sites for hydroxylation is 1. The molecule has 0 bridgehead atoms. The minimum absolute atomic E-state index is 0.0647. The molecule has 1 aliphatic rings. The summed E-state index contributed by atoms with van der Waals surface area (Å²) in [5, 5.41) is 0. The van der Waals surface area contributed by atoms with Gasteiger partial charge in [-0.3, -0.25) is 4.31 Å². The molecular weight excluding hydrogens is 210 g/mol. The van der Waals surface area contributed by atoms with E-state index in [0.29, 0.717) is 0 Å². The molecule has 1 aliphatic heterocycles. The van der Waals surface area contributed by atoms with Crippen molar-refractivity contribution in [2.45, 2.75) is 25.8 Å². The number of rotatable bonds is 1. The molecule has 3 nitrogen and oxygen atoms in total. The van der Waals surface area contributed by atoms with E-state index in [0.717, 1.165) is 24.1 Å². The molecule has 4 heteroatoms. The van der Waals surface area contributed by atoms with Crippen molar-refractivity contribution >= 4 is 15.7 Å². The summed E-state index contributed by atoms with van der Waals surface area (Å²) in [5.41, 5.74) is 1.97. The van der Waals surface area contributed by atoms with Crippen molar-refractivity contribution in [1.29, 1.82) is 0 Å². The maximum Gasteiger partial charge on any atom is 0.232 e. The van der Waals surface area contributed by atoms with Crippen LogP contribution in [-0.2, 0) is 16.4 Å². The molecule has 0 aliphatic carbocycles. The van der Waals surface area contributed by atoms with Gasteiger partial charge in [0.25, 0.3) is 0 Å². The van der Waals surface area contributed by atoms with Crippen molar-refractivity contribution in [3.63, 3.8) is 0 Å². The second kappa shape index (κ2) is 3.52. The van der Waals surface area contributed by atoms with Gasteiger partial charge >= 0.3 is 0 Å². The molecule has 1 heterocycles. The Hall–Kier alpha value is -1.03. The lowest BCUT2D eigenvalue weighted by Gasteiger charge is -2.34. The van der Waals surface area contributed by atoms with Crippen LogP contribution in [-0.4, -0.2) is 20.7 Å². The first kappa shape index (κ1) is 10.5. The molecular formula is C11H15NO2S. The average Bonchev–Trinajstić information content (AvgIpc) is 2.15. The summed E-state index contributed by atoms with van der Waals surface area (Å²) in [5.74, 6) is 0. The van der Waals surface area contributed by atoms with Gasteiger partial charge in [0, 0.05) is 6.04 Å². The van der Waals surface area contributed by atoms with Crippen molar-refractivity contribution in [1.82, 2.24) is 0 Å². The molecule has 0 aromatic heterocycles. The lowest BCUT2D eigenvalue weighted by Crippen LogP contribution is -2.41. The quantitative estimate of drug-likeness (QED) is 0.730. The molecule has 1 atom stereocenters. The largest absolute Gasteiger partial charge is 0.267 e. The number of anilines is 1. The Morgan fingerprint density at radius 3 is 2.67 bits per heavy atom. The van der Waals surface area contributed by atoms with E-state index in [1.807, 2.05) is 31.2 Å². The summed E-state index contributed by atoms with van der Waals surface area (Å²) in [6.45, 7) is 1.96. The van der Waals surface area contributed by atoms with Crippen molar-refractivity contribution in [2.75, 3.05) is 10.6 Å². The van der Waals surface area contributed by atoms with Gasteiger partial charge in [0.05, 0.1) is 11.9 Å². The van der Waals surface area contributed by atoms with Crippen LogP contribution in [0.3, 0.4) is 0 Å². The maximum absolute atomic E-state index is 11.7. The lowest BCUT2D eigenvalue weighted by molar-refractivity contribution is 0.568. The van der Waals surface area contributed by atoms with E-state index < -0.39 is 10.0 Å².